The topological polar surface area (TPSA) is 38.9 Å². The predicted molar refractivity (Wildman–Crippen MR) is 44.2 cm³/mol. The molecule has 1 rings (SSSR count). The van der Waals surface area contributed by atoms with Gasteiger partial charge in [-0.05, 0) is 17.6 Å². The molecular weight excluding hydrogens is 144 g/mol. The highest BCUT2D eigenvalue weighted by Gasteiger charge is 2.19. The Morgan fingerprint density at radius 2 is 2.40 bits per heavy atom. The lowest BCUT2D eigenvalue weighted by Gasteiger charge is -2.18. The molecular formula is C7H12N2S. The van der Waals surface area contributed by atoms with Gasteiger partial charge in [0, 0.05) is 17.3 Å². The summed E-state index contributed by atoms with van der Waals surface area (Å²) in [6, 6.07) is 2.03. The highest BCUT2D eigenvalue weighted by molar-refractivity contribution is 7.03. The van der Waals surface area contributed by atoms with Gasteiger partial charge < -0.3 is 5.73 Å². The van der Waals surface area contributed by atoms with E-state index in [4.69, 9.17) is 5.73 Å². The van der Waals surface area contributed by atoms with Crippen molar-refractivity contribution >= 4 is 11.5 Å². The van der Waals surface area contributed by atoms with Gasteiger partial charge in [-0.25, -0.2) is 0 Å². The van der Waals surface area contributed by atoms with Crippen molar-refractivity contribution in [3.05, 3.63) is 17.1 Å². The fourth-order valence-electron chi connectivity index (χ4n) is 0.666. The second-order valence-electron chi connectivity index (χ2n) is 2.97. The van der Waals surface area contributed by atoms with Crippen LogP contribution in [0.2, 0.25) is 0 Å². The van der Waals surface area contributed by atoms with Crippen molar-refractivity contribution in [2.75, 3.05) is 6.54 Å². The highest BCUT2D eigenvalue weighted by atomic mass is 32.1. The van der Waals surface area contributed by atoms with Gasteiger partial charge in [0.15, 0.2) is 0 Å². The third kappa shape index (κ3) is 1.36. The van der Waals surface area contributed by atoms with Gasteiger partial charge in [-0.1, -0.05) is 13.8 Å². The zero-order valence-corrected chi connectivity index (χ0v) is 7.11. The molecule has 0 aromatic carbocycles. The third-order valence-electron chi connectivity index (χ3n) is 1.64. The molecule has 0 amide bonds. The number of hydrogen-bond donors (Lipinski definition) is 1. The van der Waals surface area contributed by atoms with Gasteiger partial charge in [-0.2, -0.15) is 4.37 Å². The van der Waals surface area contributed by atoms with Gasteiger partial charge in [0.25, 0.3) is 0 Å². The summed E-state index contributed by atoms with van der Waals surface area (Å²) in [7, 11) is 0. The Kier molecular flexibility index (Phi) is 2.06. The summed E-state index contributed by atoms with van der Waals surface area (Å²) in [5.41, 5.74) is 6.70. The zero-order chi connectivity index (χ0) is 7.61. The molecule has 3 heteroatoms. The van der Waals surface area contributed by atoms with E-state index in [1.807, 2.05) is 11.4 Å². The van der Waals surface area contributed by atoms with E-state index in [9.17, 15) is 0 Å². The number of hydrogen-bond acceptors (Lipinski definition) is 3. The summed E-state index contributed by atoms with van der Waals surface area (Å²) < 4.78 is 4.22. The van der Waals surface area contributed by atoms with Crippen LogP contribution in [0.4, 0.5) is 0 Å². The van der Waals surface area contributed by atoms with Crippen LogP contribution in [-0.2, 0) is 5.41 Å². The van der Waals surface area contributed by atoms with Crippen molar-refractivity contribution in [2.45, 2.75) is 19.3 Å². The van der Waals surface area contributed by atoms with Crippen LogP contribution in [0.3, 0.4) is 0 Å². The zero-order valence-electron chi connectivity index (χ0n) is 6.29. The van der Waals surface area contributed by atoms with Crippen LogP contribution in [0.5, 0.6) is 0 Å². The Balaban J connectivity index is 2.85. The van der Waals surface area contributed by atoms with Gasteiger partial charge in [0.05, 0.1) is 5.69 Å². The summed E-state index contributed by atoms with van der Waals surface area (Å²) in [4.78, 5) is 0. The van der Waals surface area contributed by atoms with E-state index >= 15 is 0 Å². The average molecular weight is 156 g/mol. The minimum absolute atomic E-state index is 0.0417. The van der Waals surface area contributed by atoms with E-state index < -0.39 is 0 Å². The number of aromatic nitrogens is 1. The minimum Gasteiger partial charge on any atom is -0.330 e. The maximum atomic E-state index is 5.56. The lowest BCUT2D eigenvalue weighted by molar-refractivity contribution is 0.527. The van der Waals surface area contributed by atoms with Crippen molar-refractivity contribution in [1.82, 2.24) is 4.37 Å². The van der Waals surface area contributed by atoms with Crippen LogP contribution >= 0.6 is 11.5 Å². The fourth-order valence-corrected chi connectivity index (χ4v) is 1.34. The summed E-state index contributed by atoms with van der Waals surface area (Å²) in [6.45, 7) is 4.85. The molecule has 0 aliphatic carbocycles. The van der Waals surface area contributed by atoms with E-state index in [1.165, 1.54) is 11.5 Å². The summed E-state index contributed by atoms with van der Waals surface area (Å²) >= 11 is 1.48. The largest absolute Gasteiger partial charge is 0.330 e. The van der Waals surface area contributed by atoms with E-state index in [2.05, 4.69) is 18.2 Å². The van der Waals surface area contributed by atoms with Crippen LogP contribution in [0.1, 0.15) is 19.5 Å². The fraction of sp³-hybridized carbons (Fsp3) is 0.571. The average Bonchev–Trinajstić information content (AvgIpc) is 2.38. The molecule has 0 aliphatic rings. The van der Waals surface area contributed by atoms with Gasteiger partial charge in [0.1, 0.15) is 0 Å². The van der Waals surface area contributed by atoms with Gasteiger partial charge in [0.2, 0.25) is 0 Å². The van der Waals surface area contributed by atoms with Crippen molar-refractivity contribution < 1.29 is 0 Å². The van der Waals surface area contributed by atoms with Crippen LogP contribution in [0.25, 0.3) is 0 Å². The molecule has 0 fully saturated rings. The van der Waals surface area contributed by atoms with Crippen molar-refractivity contribution in [1.29, 1.82) is 0 Å². The van der Waals surface area contributed by atoms with Gasteiger partial charge >= 0.3 is 0 Å². The normalized spacial score (nSPS) is 11.9. The molecule has 2 nitrogen and oxygen atoms in total. The van der Waals surface area contributed by atoms with Crippen molar-refractivity contribution in [2.24, 2.45) is 5.73 Å². The molecule has 10 heavy (non-hydrogen) atoms. The first-order chi connectivity index (χ1) is 4.67. The molecule has 56 valence electrons. The Morgan fingerprint density at radius 3 is 2.80 bits per heavy atom. The molecule has 0 bridgehead atoms. The molecule has 1 aromatic heterocycles. The number of nitrogens with zero attached hydrogens (tertiary/aromatic N) is 1. The second-order valence-corrected chi connectivity index (χ2v) is 3.64. The Hall–Kier alpha value is -0.410. The standard InChI is InChI=1S/C7H12N2S/c1-7(2,5-8)6-3-4-10-9-6/h3-4H,5,8H2,1-2H3. The maximum absolute atomic E-state index is 5.56. The summed E-state index contributed by atoms with van der Waals surface area (Å²) in [6.07, 6.45) is 0. The first-order valence-corrected chi connectivity index (χ1v) is 4.11. The van der Waals surface area contributed by atoms with Gasteiger partial charge in [-0.15, -0.1) is 0 Å². The summed E-state index contributed by atoms with van der Waals surface area (Å²) in [5, 5.41) is 1.98. The molecule has 0 atom stereocenters. The van der Waals surface area contributed by atoms with E-state index in [0.717, 1.165) is 5.69 Å². The van der Waals surface area contributed by atoms with Gasteiger partial charge in [-0.3, -0.25) is 0 Å². The molecule has 0 saturated heterocycles. The molecule has 0 aliphatic heterocycles. The van der Waals surface area contributed by atoms with Crippen LogP contribution in [0.15, 0.2) is 11.4 Å². The molecule has 2 N–H and O–H groups in total. The Bertz CT molecular complexity index is 191. The minimum atomic E-state index is 0.0417. The lowest BCUT2D eigenvalue weighted by Crippen LogP contribution is -2.28. The van der Waals surface area contributed by atoms with Crippen LogP contribution < -0.4 is 5.73 Å². The molecule has 0 spiro atoms. The maximum Gasteiger partial charge on any atom is 0.0610 e. The Morgan fingerprint density at radius 1 is 1.70 bits per heavy atom. The molecule has 1 aromatic rings. The predicted octanol–water partition coefficient (Wildman–Crippen LogP) is 1.38. The molecule has 1 heterocycles. The molecule has 0 radical (unpaired) electrons. The molecule has 0 unspecified atom stereocenters. The van der Waals surface area contributed by atoms with E-state index in [-0.39, 0.29) is 5.41 Å². The first kappa shape index (κ1) is 7.69. The second kappa shape index (κ2) is 2.68. The monoisotopic (exact) mass is 156 g/mol. The van der Waals surface area contributed by atoms with Crippen molar-refractivity contribution in [3.8, 4) is 0 Å². The quantitative estimate of drug-likeness (QED) is 0.702. The summed E-state index contributed by atoms with van der Waals surface area (Å²) in [5.74, 6) is 0. The first-order valence-electron chi connectivity index (χ1n) is 3.28. The van der Waals surface area contributed by atoms with E-state index in [0.29, 0.717) is 6.54 Å². The van der Waals surface area contributed by atoms with Crippen LogP contribution in [0, 0.1) is 0 Å². The smallest absolute Gasteiger partial charge is 0.0610 e. The SMILES string of the molecule is CC(C)(CN)c1ccsn1. The van der Waals surface area contributed by atoms with Crippen LogP contribution in [-0.4, -0.2) is 10.9 Å². The molecule has 0 saturated carbocycles. The Labute approximate surface area is 65.2 Å². The van der Waals surface area contributed by atoms with Crippen molar-refractivity contribution in [3.63, 3.8) is 0 Å². The highest BCUT2D eigenvalue weighted by Crippen LogP contribution is 2.20. The number of rotatable bonds is 2. The third-order valence-corrected chi connectivity index (χ3v) is 2.20. The van der Waals surface area contributed by atoms with E-state index in [1.54, 1.807) is 0 Å². The lowest BCUT2D eigenvalue weighted by atomic mass is 9.90. The number of nitrogens with two attached hydrogens (primary N) is 1.